The minimum atomic E-state index is -2.97. The number of amides is 1. The third kappa shape index (κ3) is 5.29. The Kier molecular flexibility index (Phi) is 6.45. The molecule has 1 aliphatic carbocycles. The lowest BCUT2D eigenvalue weighted by Gasteiger charge is -2.35. The van der Waals surface area contributed by atoms with Gasteiger partial charge in [-0.15, -0.1) is 10.2 Å². The van der Waals surface area contributed by atoms with Gasteiger partial charge in [0, 0.05) is 12.0 Å². The molecule has 0 spiro atoms. The third-order valence-electron chi connectivity index (χ3n) is 5.20. The summed E-state index contributed by atoms with van der Waals surface area (Å²) >= 11 is 0. The normalized spacial score (nSPS) is 17.9. The summed E-state index contributed by atoms with van der Waals surface area (Å²) in [6.07, 6.45) is 1.79. The molecule has 0 unspecified atom stereocenters. The van der Waals surface area contributed by atoms with Crippen molar-refractivity contribution in [2.45, 2.75) is 57.8 Å². The molecule has 11 heteroatoms. The van der Waals surface area contributed by atoms with Crippen molar-refractivity contribution in [1.29, 1.82) is 0 Å². The third-order valence-corrected chi connectivity index (χ3v) is 5.20. The molecule has 3 aromatic rings. The molecular formula is C23H24F3N5O3. The molecule has 1 N–H and O–H groups in total. The summed E-state index contributed by atoms with van der Waals surface area (Å²) in [6, 6.07) is 8.85. The molecule has 8 nitrogen and oxygen atoms in total. The van der Waals surface area contributed by atoms with Gasteiger partial charge in [-0.25, -0.2) is 14.2 Å². The van der Waals surface area contributed by atoms with E-state index in [1.165, 1.54) is 18.2 Å². The summed E-state index contributed by atoms with van der Waals surface area (Å²) in [5.74, 6) is 0.0858. The van der Waals surface area contributed by atoms with Gasteiger partial charge in [-0.3, -0.25) is 4.57 Å². The molecule has 1 fully saturated rings. The van der Waals surface area contributed by atoms with Crippen LogP contribution < -0.4 is 10.1 Å². The van der Waals surface area contributed by atoms with Crippen molar-refractivity contribution in [1.82, 2.24) is 25.1 Å². The highest BCUT2D eigenvalue weighted by Crippen LogP contribution is 2.39. The largest absolute Gasteiger partial charge is 0.444 e. The van der Waals surface area contributed by atoms with Crippen LogP contribution in [0.5, 0.6) is 5.75 Å². The number of alkyl carbamates (subject to hydrolysis) is 1. The van der Waals surface area contributed by atoms with Crippen LogP contribution in [0.2, 0.25) is 0 Å². The molecule has 0 radical (unpaired) electrons. The number of carbonyl (C=O) groups excluding carboxylic acids is 1. The number of nitrogens with zero attached hydrogens (tertiary/aromatic N) is 4. The first-order valence-electron chi connectivity index (χ1n) is 10.7. The first kappa shape index (κ1) is 23.5. The number of rotatable bonds is 6. The van der Waals surface area contributed by atoms with Crippen molar-refractivity contribution in [3.63, 3.8) is 0 Å². The van der Waals surface area contributed by atoms with E-state index in [1.54, 1.807) is 43.5 Å². The molecule has 0 atom stereocenters. The fraction of sp³-hybridized carbons (Fsp3) is 0.391. The number of pyridine rings is 1. The van der Waals surface area contributed by atoms with Gasteiger partial charge < -0.3 is 14.8 Å². The lowest BCUT2D eigenvalue weighted by molar-refractivity contribution is -0.0500. The smallest absolute Gasteiger partial charge is 0.407 e. The van der Waals surface area contributed by atoms with Crippen LogP contribution >= 0.6 is 0 Å². The number of para-hydroxylation sites is 1. The van der Waals surface area contributed by atoms with Crippen LogP contribution in [0.4, 0.5) is 18.0 Å². The van der Waals surface area contributed by atoms with E-state index < -0.39 is 24.1 Å². The van der Waals surface area contributed by atoms with Crippen molar-refractivity contribution in [2.24, 2.45) is 0 Å². The maximum Gasteiger partial charge on any atom is 0.407 e. The Hall–Kier alpha value is -3.63. The molecule has 1 saturated carbocycles. The molecule has 4 rings (SSSR count). The van der Waals surface area contributed by atoms with E-state index in [0.29, 0.717) is 24.4 Å². The maximum atomic E-state index is 14.8. The van der Waals surface area contributed by atoms with Gasteiger partial charge in [0.15, 0.2) is 5.82 Å². The summed E-state index contributed by atoms with van der Waals surface area (Å²) in [5.41, 5.74) is -0.0575. The molecular weight excluding hydrogens is 451 g/mol. The predicted octanol–water partition coefficient (Wildman–Crippen LogP) is 4.84. The monoisotopic (exact) mass is 475 g/mol. The van der Waals surface area contributed by atoms with E-state index in [2.05, 4.69) is 25.2 Å². The number of nitrogens with one attached hydrogen (secondary N) is 1. The highest BCUT2D eigenvalue weighted by molar-refractivity contribution is 5.68. The molecule has 180 valence electrons. The van der Waals surface area contributed by atoms with Crippen molar-refractivity contribution < 1.29 is 27.4 Å². The van der Waals surface area contributed by atoms with Gasteiger partial charge in [-0.1, -0.05) is 12.1 Å². The SMILES string of the molecule is CC(C)(C)OC(=O)NC1CC(c2nnc(-c3ccc(OC(F)F)cn3)n2-c2ccccc2F)C1. The number of alkyl halides is 2. The molecule has 2 aromatic heterocycles. The van der Waals surface area contributed by atoms with Crippen molar-refractivity contribution in [3.05, 3.63) is 54.2 Å². The zero-order chi connectivity index (χ0) is 24.5. The molecule has 0 aliphatic heterocycles. The van der Waals surface area contributed by atoms with E-state index >= 15 is 0 Å². The van der Waals surface area contributed by atoms with Gasteiger partial charge in [0.05, 0.1) is 11.9 Å². The number of ether oxygens (including phenoxy) is 2. The highest BCUT2D eigenvalue weighted by Gasteiger charge is 2.37. The van der Waals surface area contributed by atoms with E-state index in [0.717, 1.165) is 6.20 Å². The Balaban J connectivity index is 1.59. The molecule has 1 amide bonds. The second-order valence-corrected chi connectivity index (χ2v) is 8.94. The van der Waals surface area contributed by atoms with E-state index in [9.17, 15) is 18.0 Å². The highest BCUT2D eigenvalue weighted by atomic mass is 19.3. The van der Waals surface area contributed by atoms with Crippen LogP contribution in [0.3, 0.4) is 0 Å². The average molecular weight is 475 g/mol. The predicted molar refractivity (Wildman–Crippen MR) is 116 cm³/mol. The fourth-order valence-electron chi connectivity index (χ4n) is 3.70. The van der Waals surface area contributed by atoms with E-state index in [4.69, 9.17) is 4.74 Å². The summed E-state index contributed by atoms with van der Waals surface area (Å²) in [7, 11) is 0. The second kappa shape index (κ2) is 9.32. The minimum Gasteiger partial charge on any atom is -0.444 e. The zero-order valence-electron chi connectivity index (χ0n) is 18.8. The average Bonchev–Trinajstić information content (AvgIpc) is 3.13. The first-order chi connectivity index (χ1) is 16.1. The zero-order valence-corrected chi connectivity index (χ0v) is 18.8. The Morgan fingerprint density at radius 3 is 2.50 bits per heavy atom. The molecule has 1 aromatic carbocycles. The van der Waals surface area contributed by atoms with Gasteiger partial charge in [-0.05, 0) is 57.9 Å². The lowest BCUT2D eigenvalue weighted by atomic mass is 9.79. The van der Waals surface area contributed by atoms with Crippen LogP contribution in [-0.2, 0) is 4.74 Å². The summed E-state index contributed by atoms with van der Waals surface area (Å²) < 4.78 is 50.9. The number of carbonyl (C=O) groups is 1. The quantitative estimate of drug-likeness (QED) is 0.549. The Morgan fingerprint density at radius 2 is 1.88 bits per heavy atom. The Labute approximate surface area is 194 Å². The summed E-state index contributed by atoms with van der Waals surface area (Å²) in [4.78, 5) is 16.2. The number of benzene rings is 1. The lowest BCUT2D eigenvalue weighted by Crippen LogP contribution is -2.45. The number of hydrogen-bond donors (Lipinski definition) is 1. The second-order valence-electron chi connectivity index (χ2n) is 8.94. The topological polar surface area (TPSA) is 91.2 Å². The molecule has 1 aliphatic rings. The van der Waals surface area contributed by atoms with Gasteiger partial charge in [0.1, 0.15) is 28.7 Å². The summed E-state index contributed by atoms with van der Waals surface area (Å²) in [5, 5.41) is 11.3. The standard InChI is InChI=1S/C23H24F3N5O3/c1-23(2,3)34-22(32)28-14-10-13(11-14)19-29-30-20(31(19)18-7-5-4-6-16(18)24)17-9-8-15(12-27-17)33-21(25)26/h4-9,12-14,21H,10-11H2,1-3H3,(H,28,32). The minimum absolute atomic E-state index is 0.0952. The molecule has 0 bridgehead atoms. The van der Waals surface area contributed by atoms with Crippen molar-refractivity contribution in [2.75, 3.05) is 0 Å². The van der Waals surface area contributed by atoms with E-state index in [-0.39, 0.29) is 29.2 Å². The van der Waals surface area contributed by atoms with Crippen LogP contribution in [0.25, 0.3) is 17.2 Å². The molecule has 0 saturated heterocycles. The van der Waals surface area contributed by atoms with Crippen LogP contribution in [0.1, 0.15) is 45.4 Å². The first-order valence-corrected chi connectivity index (χ1v) is 10.7. The van der Waals surface area contributed by atoms with Crippen molar-refractivity contribution in [3.8, 4) is 23.0 Å². The van der Waals surface area contributed by atoms with Crippen LogP contribution in [-0.4, -0.2) is 44.1 Å². The fourth-order valence-corrected chi connectivity index (χ4v) is 3.70. The number of halogens is 3. The van der Waals surface area contributed by atoms with Gasteiger partial charge in [-0.2, -0.15) is 8.78 Å². The maximum absolute atomic E-state index is 14.8. The van der Waals surface area contributed by atoms with E-state index in [1.807, 2.05) is 0 Å². The molecule has 2 heterocycles. The Morgan fingerprint density at radius 1 is 1.15 bits per heavy atom. The van der Waals surface area contributed by atoms with Gasteiger partial charge in [0.25, 0.3) is 0 Å². The number of aromatic nitrogens is 4. The van der Waals surface area contributed by atoms with Gasteiger partial charge >= 0.3 is 12.7 Å². The molecule has 34 heavy (non-hydrogen) atoms. The van der Waals surface area contributed by atoms with Crippen molar-refractivity contribution >= 4 is 6.09 Å². The van der Waals surface area contributed by atoms with Gasteiger partial charge in [0.2, 0.25) is 0 Å². The van der Waals surface area contributed by atoms with Crippen LogP contribution in [0.15, 0.2) is 42.6 Å². The van der Waals surface area contributed by atoms with Crippen LogP contribution in [0, 0.1) is 5.82 Å². The number of hydrogen-bond acceptors (Lipinski definition) is 6. The summed E-state index contributed by atoms with van der Waals surface area (Å²) in [6.45, 7) is 2.39. The Bertz CT molecular complexity index is 1160.